The first-order valence-electron chi connectivity index (χ1n) is 11.7. The molecule has 1 N–H and O–H groups in total. The van der Waals surface area contributed by atoms with E-state index in [-0.39, 0.29) is 17.1 Å². The number of amides is 1. The third kappa shape index (κ3) is 6.67. The lowest BCUT2D eigenvalue weighted by molar-refractivity contribution is -0.189. The average molecular weight is 477 g/mol. The number of anilines is 2. The standard InChI is InChI=1S/C27H35F3N2O2/c1-17-12-22(13-18(2)25(17)31-24(33)15-26(4,5)6)32-11-7-8-20-14-23(10-9-21(20)16-32)34-19(3)27(28,29)30/h9-10,12-14,19H,7-8,11,15-16H2,1-6H3,(H,31,33)/t19-/m0/s1. The summed E-state index contributed by atoms with van der Waals surface area (Å²) in [4.78, 5) is 14.7. The van der Waals surface area contributed by atoms with Crippen LogP contribution in [0.1, 0.15) is 62.8 Å². The normalized spacial score (nSPS) is 15.4. The number of halogens is 3. The lowest BCUT2D eigenvalue weighted by Gasteiger charge is -2.26. The predicted octanol–water partition coefficient (Wildman–Crippen LogP) is 6.96. The van der Waals surface area contributed by atoms with Crippen LogP contribution in [0.25, 0.3) is 0 Å². The van der Waals surface area contributed by atoms with Crippen molar-refractivity contribution in [2.24, 2.45) is 5.41 Å². The first-order valence-corrected chi connectivity index (χ1v) is 11.7. The van der Waals surface area contributed by atoms with Crippen molar-refractivity contribution in [1.82, 2.24) is 0 Å². The van der Waals surface area contributed by atoms with Crippen LogP contribution in [0.4, 0.5) is 24.5 Å². The molecule has 2 aromatic rings. The third-order valence-electron chi connectivity index (χ3n) is 6.02. The van der Waals surface area contributed by atoms with E-state index in [1.807, 2.05) is 40.7 Å². The molecule has 1 aliphatic rings. The van der Waals surface area contributed by atoms with E-state index >= 15 is 0 Å². The molecule has 0 radical (unpaired) electrons. The van der Waals surface area contributed by atoms with Gasteiger partial charge in [0, 0.05) is 30.9 Å². The van der Waals surface area contributed by atoms with Gasteiger partial charge in [-0.3, -0.25) is 4.79 Å². The van der Waals surface area contributed by atoms with E-state index in [0.717, 1.165) is 59.9 Å². The molecule has 0 aliphatic carbocycles. The van der Waals surface area contributed by atoms with Crippen LogP contribution in [0.15, 0.2) is 30.3 Å². The number of nitrogens with one attached hydrogen (secondary N) is 1. The van der Waals surface area contributed by atoms with Crippen molar-refractivity contribution >= 4 is 17.3 Å². The number of alkyl halides is 3. The molecule has 1 aliphatic heterocycles. The van der Waals surface area contributed by atoms with Gasteiger partial charge >= 0.3 is 6.18 Å². The van der Waals surface area contributed by atoms with E-state index < -0.39 is 12.3 Å². The summed E-state index contributed by atoms with van der Waals surface area (Å²) in [6, 6.07) is 9.41. The zero-order chi connectivity index (χ0) is 25.3. The fourth-order valence-corrected chi connectivity index (χ4v) is 4.28. The Hall–Kier alpha value is -2.70. The average Bonchev–Trinajstić information content (AvgIpc) is 2.90. The van der Waals surface area contributed by atoms with Gasteiger partial charge < -0.3 is 15.0 Å². The van der Waals surface area contributed by atoms with Gasteiger partial charge in [0.05, 0.1) is 0 Å². The molecule has 0 saturated carbocycles. The molecule has 186 valence electrons. The van der Waals surface area contributed by atoms with Gasteiger partial charge in [-0.15, -0.1) is 0 Å². The van der Waals surface area contributed by atoms with Crippen molar-refractivity contribution in [2.45, 2.75) is 79.6 Å². The molecule has 0 saturated heterocycles. The highest BCUT2D eigenvalue weighted by molar-refractivity contribution is 5.93. The highest BCUT2D eigenvalue weighted by atomic mass is 19.4. The molecule has 34 heavy (non-hydrogen) atoms. The minimum Gasteiger partial charge on any atom is -0.481 e. The van der Waals surface area contributed by atoms with E-state index in [4.69, 9.17) is 4.74 Å². The number of rotatable bonds is 5. The van der Waals surface area contributed by atoms with Crippen LogP contribution < -0.4 is 15.0 Å². The molecule has 0 bridgehead atoms. The van der Waals surface area contributed by atoms with Crippen LogP contribution in [-0.2, 0) is 17.8 Å². The first kappa shape index (κ1) is 25.9. The predicted molar refractivity (Wildman–Crippen MR) is 131 cm³/mol. The molecule has 0 fully saturated rings. The first-order chi connectivity index (χ1) is 15.7. The van der Waals surface area contributed by atoms with Gasteiger partial charge in [-0.25, -0.2) is 0 Å². The second kappa shape index (κ2) is 9.88. The number of aryl methyl sites for hydroxylation is 3. The lowest BCUT2D eigenvalue weighted by atomic mass is 9.92. The van der Waals surface area contributed by atoms with E-state index in [2.05, 4.69) is 22.3 Å². The summed E-state index contributed by atoms with van der Waals surface area (Å²) < 4.78 is 43.7. The summed E-state index contributed by atoms with van der Waals surface area (Å²) in [5.41, 5.74) is 5.96. The summed E-state index contributed by atoms with van der Waals surface area (Å²) in [6.07, 6.45) is -4.13. The lowest BCUT2D eigenvalue weighted by Crippen LogP contribution is -2.31. The molecule has 0 aromatic heterocycles. The van der Waals surface area contributed by atoms with Crippen molar-refractivity contribution in [2.75, 3.05) is 16.8 Å². The van der Waals surface area contributed by atoms with Crippen LogP contribution in [0.2, 0.25) is 0 Å². The van der Waals surface area contributed by atoms with Crippen molar-refractivity contribution in [3.63, 3.8) is 0 Å². The third-order valence-corrected chi connectivity index (χ3v) is 6.02. The minimum atomic E-state index is -4.39. The molecule has 4 nitrogen and oxygen atoms in total. The van der Waals surface area contributed by atoms with Gasteiger partial charge in [-0.2, -0.15) is 13.2 Å². The number of ether oxygens (including phenoxy) is 1. The van der Waals surface area contributed by atoms with Crippen molar-refractivity contribution in [3.8, 4) is 5.75 Å². The fraction of sp³-hybridized carbons (Fsp3) is 0.519. The molecule has 1 atom stereocenters. The number of carbonyl (C=O) groups is 1. The summed E-state index contributed by atoms with van der Waals surface area (Å²) in [7, 11) is 0. The Morgan fingerprint density at radius 1 is 1.09 bits per heavy atom. The van der Waals surface area contributed by atoms with E-state index in [1.54, 1.807) is 12.1 Å². The maximum absolute atomic E-state index is 12.9. The Kier molecular flexibility index (Phi) is 7.53. The van der Waals surface area contributed by atoms with Gasteiger partial charge in [0.2, 0.25) is 5.91 Å². The van der Waals surface area contributed by atoms with E-state index in [1.165, 1.54) is 0 Å². The number of nitrogens with zero attached hydrogens (tertiary/aromatic N) is 1. The SMILES string of the molecule is Cc1cc(N2CCCc3cc(O[C@@H](C)C(F)(F)F)ccc3C2)cc(C)c1NC(=O)CC(C)(C)C. The maximum atomic E-state index is 12.9. The molecule has 1 heterocycles. The molecule has 0 spiro atoms. The van der Waals surface area contributed by atoms with E-state index in [0.29, 0.717) is 13.0 Å². The summed E-state index contributed by atoms with van der Waals surface area (Å²) >= 11 is 0. The Morgan fingerprint density at radius 3 is 2.32 bits per heavy atom. The Morgan fingerprint density at radius 2 is 1.74 bits per heavy atom. The number of carbonyl (C=O) groups excluding carboxylic acids is 1. The highest BCUT2D eigenvalue weighted by Gasteiger charge is 2.38. The van der Waals surface area contributed by atoms with Crippen molar-refractivity contribution in [1.29, 1.82) is 0 Å². The largest absolute Gasteiger partial charge is 0.481 e. The summed E-state index contributed by atoms with van der Waals surface area (Å²) in [6.45, 7) is 12.6. The van der Waals surface area contributed by atoms with Crippen molar-refractivity contribution in [3.05, 3.63) is 52.6 Å². The van der Waals surface area contributed by atoms with Crippen LogP contribution >= 0.6 is 0 Å². The fourth-order valence-electron chi connectivity index (χ4n) is 4.28. The molecule has 3 rings (SSSR count). The molecule has 2 aromatic carbocycles. The van der Waals surface area contributed by atoms with E-state index in [9.17, 15) is 18.0 Å². The van der Waals surface area contributed by atoms with Crippen LogP contribution in [0.3, 0.4) is 0 Å². The van der Waals surface area contributed by atoms with Crippen molar-refractivity contribution < 1.29 is 22.7 Å². The number of fused-ring (bicyclic) bond motifs is 1. The topological polar surface area (TPSA) is 41.6 Å². The van der Waals surface area contributed by atoms with Crippen LogP contribution in [-0.4, -0.2) is 24.7 Å². The molecule has 0 unspecified atom stereocenters. The number of hydrogen-bond donors (Lipinski definition) is 1. The zero-order valence-corrected chi connectivity index (χ0v) is 20.9. The number of benzene rings is 2. The zero-order valence-electron chi connectivity index (χ0n) is 20.9. The maximum Gasteiger partial charge on any atom is 0.425 e. The minimum absolute atomic E-state index is 0.00742. The van der Waals surface area contributed by atoms with Gasteiger partial charge in [0.1, 0.15) is 5.75 Å². The quantitative estimate of drug-likeness (QED) is 0.507. The summed E-state index contributed by atoms with van der Waals surface area (Å²) in [5, 5.41) is 3.07. The van der Waals surface area contributed by atoms with Gasteiger partial charge in [0.15, 0.2) is 6.10 Å². The molecular weight excluding hydrogens is 441 g/mol. The Labute approximate surface area is 200 Å². The van der Waals surface area contributed by atoms with Crippen LogP contribution in [0.5, 0.6) is 5.75 Å². The Balaban J connectivity index is 1.77. The second-order valence-electron chi connectivity index (χ2n) is 10.5. The van der Waals surface area contributed by atoms with Gasteiger partial charge in [-0.05, 0) is 85.5 Å². The molecular formula is C27H35F3N2O2. The Bertz CT molecular complexity index is 1020. The summed E-state index contributed by atoms with van der Waals surface area (Å²) in [5.74, 6) is 0.257. The highest BCUT2D eigenvalue weighted by Crippen LogP contribution is 2.33. The second-order valence-corrected chi connectivity index (χ2v) is 10.5. The smallest absolute Gasteiger partial charge is 0.425 e. The molecule has 1 amide bonds. The van der Waals surface area contributed by atoms with Gasteiger partial charge in [-0.1, -0.05) is 26.8 Å². The van der Waals surface area contributed by atoms with Crippen LogP contribution in [0, 0.1) is 19.3 Å². The monoisotopic (exact) mass is 476 g/mol. The molecule has 7 heteroatoms. The van der Waals surface area contributed by atoms with Gasteiger partial charge in [0.25, 0.3) is 0 Å². The number of hydrogen-bond acceptors (Lipinski definition) is 3.